The quantitative estimate of drug-likeness (QED) is 0.470. The molecular weight excluding hydrogens is 409 g/mol. The normalized spacial score (nSPS) is 11.1. The fraction of sp³-hybridized carbons (Fsp3) is 0.0870. The molecule has 0 aliphatic carbocycles. The standard InChI is InChI=1S/C23H18FN7O/c1-14-7-6-10-25-20(14)16-12-26-30(2)21(16)23(32)27-18-11-19-28-22(15-8-4-3-5-9-15)29-31(19)13-17(18)24/h3-13H,1-2H3,(H,27,32). The molecule has 9 heteroatoms. The second-order valence-corrected chi connectivity index (χ2v) is 7.29. The van der Waals surface area contributed by atoms with E-state index in [4.69, 9.17) is 0 Å². The molecule has 1 aromatic carbocycles. The molecule has 4 heterocycles. The molecule has 8 nitrogen and oxygen atoms in total. The van der Waals surface area contributed by atoms with Crippen molar-refractivity contribution in [2.75, 3.05) is 5.32 Å². The van der Waals surface area contributed by atoms with Crippen LogP contribution < -0.4 is 5.32 Å². The zero-order valence-electron chi connectivity index (χ0n) is 17.3. The maximum Gasteiger partial charge on any atom is 0.274 e. The first-order chi connectivity index (χ1) is 15.5. The summed E-state index contributed by atoms with van der Waals surface area (Å²) < 4.78 is 17.6. The minimum atomic E-state index is -0.631. The van der Waals surface area contributed by atoms with Crippen molar-refractivity contribution in [3.63, 3.8) is 0 Å². The van der Waals surface area contributed by atoms with E-state index in [1.54, 1.807) is 19.4 Å². The summed E-state index contributed by atoms with van der Waals surface area (Å²) >= 11 is 0. The van der Waals surface area contributed by atoms with Gasteiger partial charge in [0, 0.05) is 24.9 Å². The van der Waals surface area contributed by atoms with Crippen LogP contribution in [0.3, 0.4) is 0 Å². The highest BCUT2D eigenvalue weighted by molar-refractivity contribution is 6.07. The summed E-state index contributed by atoms with van der Waals surface area (Å²) in [5.74, 6) is -0.669. The van der Waals surface area contributed by atoms with Crippen LogP contribution in [-0.4, -0.2) is 35.3 Å². The van der Waals surface area contributed by atoms with Crippen LogP contribution in [0.25, 0.3) is 28.3 Å². The lowest BCUT2D eigenvalue weighted by atomic mass is 10.1. The number of anilines is 1. The monoisotopic (exact) mass is 427 g/mol. The molecule has 0 aliphatic rings. The highest BCUT2D eigenvalue weighted by Gasteiger charge is 2.22. The molecule has 0 radical (unpaired) electrons. The molecule has 0 saturated heterocycles. The third kappa shape index (κ3) is 3.39. The molecule has 0 unspecified atom stereocenters. The molecule has 0 aliphatic heterocycles. The topological polar surface area (TPSA) is 90.0 Å². The van der Waals surface area contributed by atoms with Gasteiger partial charge in [0.05, 0.1) is 29.3 Å². The van der Waals surface area contributed by atoms with Gasteiger partial charge >= 0.3 is 0 Å². The summed E-state index contributed by atoms with van der Waals surface area (Å²) in [6, 6.07) is 14.6. The lowest BCUT2D eigenvalue weighted by molar-refractivity contribution is 0.101. The fourth-order valence-electron chi connectivity index (χ4n) is 3.54. The molecular formula is C23H18FN7O. The summed E-state index contributed by atoms with van der Waals surface area (Å²) in [6.45, 7) is 1.90. The van der Waals surface area contributed by atoms with Crippen molar-refractivity contribution in [3.05, 3.63) is 84.2 Å². The largest absolute Gasteiger partial charge is 0.318 e. The summed E-state index contributed by atoms with van der Waals surface area (Å²) in [5, 5.41) is 11.2. The molecule has 0 spiro atoms. The maximum absolute atomic E-state index is 14.8. The van der Waals surface area contributed by atoms with E-state index >= 15 is 0 Å². The number of pyridine rings is 2. The number of carbonyl (C=O) groups excluding carboxylic acids is 1. The van der Waals surface area contributed by atoms with Gasteiger partial charge in [-0.1, -0.05) is 36.4 Å². The lowest BCUT2D eigenvalue weighted by Crippen LogP contribution is -2.18. The summed E-state index contributed by atoms with van der Waals surface area (Å²) in [5.41, 5.74) is 3.61. The number of aryl methyl sites for hydroxylation is 2. The second-order valence-electron chi connectivity index (χ2n) is 7.29. The Bertz CT molecular complexity index is 1460. The van der Waals surface area contributed by atoms with Crippen molar-refractivity contribution in [3.8, 4) is 22.6 Å². The van der Waals surface area contributed by atoms with Gasteiger partial charge < -0.3 is 5.32 Å². The van der Waals surface area contributed by atoms with E-state index in [0.717, 1.165) is 11.1 Å². The van der Waals surface area contributed by atoms with Crippen LogP contribution in [0.5, 0.6) is 0 Å². The van der Waals surface area contributed by atoms with Gasteiger partial charge in [-0.05, 0) is 18.6 Å². The van der Waals surface area contributed by atoms with E-state index in [2.05, 4.69) is 25.5 Å². The molecule has 5 rings (SSSR count). The van der Waals surface area contributed by atoms with Crippen molar-refractivity contribution in [1.82, 2.24) is 29.4 Å². The van der Waals surface area contributed by atoms with Crippen LogP contribution in [-0.2, 0) is 7.05 Å². The van der Waals surface area contributed by atoms with Crippen molar-refractivity contribution in [2.45, 2.75) is 6.92 Å². The highest BCUT2D eigenvalue weighted by atomic mass is 19.1. The first-order valence-corrected chi connectivity index (χ1v) is 9.88. The molecule has 1 N–H and O–H groups in total. The van der Waals surface area contributed by atoms with E-state index in [1.807, 2.05) is 49.4 Å². The number of carbonyl (C=O) groups is 1. The Morgan fingerprint density at radius 2 is 1.94 bits per heavy atom. The van der Waals surface area contributed by atoms with E-state index in [9.17, 15) is 9.18 Å². The molecule has 158 valence electrons. The van der Waals surface area contributed by atoms with Crippen molar-refractivity contribution in [2.24, 2.45) is 7.05 Å². The number of halogens is 1. The van der Waals surface area contributed by atoms with Crippen molar-refractivity contribution < 1.29 is 9.18 Å². The zero-order chi connectivity index (χ0) is 22.2. The third-order valence-corrected chi connectivity index (χ3v) is 5.12. The predicted octanol–water partition coefficient (Wildman–Crippen LogP) is 3.89. The van der Waals surface area contributed by atoms with Gasteiger partial charge in [0.15, 0.2) is 17.3 Å². The van der Waals surface area contributed by atoms with Crippen molar-refractivity contribution in [1.29, 1.82) is 0 Å². The van der Waals surface area contributed by atoms with Gasteiger partial charge in [-0.15, -0.1) is 5.10 Å². The van der Waals surface area contributed by atoms with Crippen LogP contribution in [0, 0.1) is 12.7 Å². The van der Waals surface area contributed by atoms with Crippen LogP contribution in [0.4, 0.5) is 10.1 Å². The molecule has 0 bridgehead atoms. The Morgan fingerprint density at radius 3 is 2.72 bits per heavy atom. The van der Waals surface area contributed by atoms with Crippen LogP contribution >= 0.6 is 0 Å². The number of amides is 1. The number of hydrogen-bond donors (Lipinski definition) is 1. The first kappa shape index (κ1) is 19.6. The Morgan fingerprint density at radius 1 is 1.12 bits per heavy atom. The van der Waals surface area contributed by atoms with Crippen LogP contribution in [0.1, 0.15) is 16.1 Å². The van der Waals surface area contributed by atoms with Crippen LogP contribution in [0.15, 0.2) is 67.1 Å². The predicted molar refractivity (Wildman–Crippen MR) is 118 cm³/mol. The minimum absolute atomic E-state index is 0.000551. The Kier molecular flexibility index (Phi) is 4.70. The molecule has 0 fully saturated rings. The Balaban J connectivity index is 1.50. The Labute approximate surface area is 182 Å². The summed E-state index contributed by atoms with van der Waals surface area (Å²) in [6.07, 6.45) is 4.42. The third-order valence-electron chi connectivity index (χ3n) is 5.12. The number of fused-ring (bicyclic) bond motifs is 1. The van der Waals surface area contributed by atoms with Gasteiger partial charge in [0.25, 0.3) is 5.91 Å². The SMILES string of the molecule is Cc1cccnc1-c1cnn(C)c1C(=O)Nc1cc2nc(-c3ccccc3)nn2cc1F. The average molecular weight is 427 g/mol. The molecule has 32 heavy (non-hydrogen) atoms. The molecule has 5 aromatic rings. The van der Waals surface area contributed by atoms with Gasteiger partial charge in [-0.25, -0.2) is 13.9 Å². The number of hydrogen-bond acceptors (Lipinski definition) is 5. The molecule has 4 aromatic heterocycles. The lowest BCUT2D eigenvalue weighted by Gasteiger charge is -2.10. The number of aromatic nitrogens is 6. The van der Waals surface area contributed by atoms with E-state index in [1.165, 1.54) is 21.5 Å². The number of rotatable bonds is 4. The molecule has 1 amide bonds. The van der Waals surface area contributed by atoms with E-state index in [-0.39, 0.29) is 11.4 Å². The zero-order valence-corrected chi connectivity index (χ0v) is 17.3. The van der Waals surface area contributed by atoms with Gasteiger partial charge in [0.1, 0.15) is 5.69 Å². The number of benzene rings is 1. The minimum Gasteiger partial charge on any atom is -0.318 e. The smallest absolute Gasteiger partial charge is 0.274 e. The van der Waals surface area contributed by atoms with Gasteiger partial charge in [0.2, 0.25) is 0 Å². The van der Waals surface area contributed by atoms with E-state index < -0.39 is 11.7 Å². The fourth-order valence-corrected chi connectivity index (χ4v) is 3.54. The van der Waals surface area contributed by atoms with Crippen molar-refractivity contribution >= 4 is 17.2 Å². The van der Waals surface area contributed by atoms with E-state index in [0.29, 0.717) is 22.7 Å². The summed E-state index contributed by atoms with van der Waals surface area (Å²) in [4.78, 5) is 21.9. The van der Waals surface area contributed by atoms with Crippen LogP contribution in [0.2, 0.25) is 0 Å². The van der Waals surface area contributed by atoms with Gasteiger partial charge in [-0.2, -0.15) is 5.10 Å². The molecule has 0 saturated carbocycles. The molecule has 0 atom stereocenters. The Hall–Kier alpha value is -4.40. The number of nitrogens with one attached hydrogen (secondary N) is 1. The first-order valence-electron chi connectivity index (χ1n) is 9.88. The highest BCUT2D eigenvalue weighted by Crippen LogP contribution is 2.26. The summed E-state index contributed by atoms with van der Waals surface area (Å²) in [7, 11) is 1.65. The van der Waals surface area contributed by atoms with Gasteiger partial charge in [-0.3, -0.25) is 14.5 Å². The maximum atomic E-state index is 14.8. The number of nitrogens with zero attached hydrogens (tertiary/aromatic N) is 6. The average Bonchev–Trinajstić information content (AvgIpc) is 3.38. The second kappa shape index (κ2) is 7.69.